The van der Waals surface area contributed by atoms with Gasteiger partial charge in [0, 0.05) is 35.9 Å². The van der Waals surface area contributed by atoms with Gasteiger partial charge in [0.15, 0.2) is 0 Å². The van der Waals surface area contributed by atoms with Gasteiger partial charge in [-0.1, -0.05) is 18.2 Å². The van der Waals surface area contributed by atoms with Crippen LogP contribution in [-0.2, 0) is 16.0 Å². The van der Waals surface area contributed by atoms with Crippen molar-refractivity contribution in [3.63, 3.8) is 0 Å². The van der Waals surface area contributed by atoms with E-state index in [1.54, 1.807) is 49.2 Å². The van der Waals surface area contributed by atoms with Gasteiger partial charge in [0.1, 0.15) is 23.5 Å². The van der Waals surface area contributed by atoms with E-state index in [0.717, 1.165) is 10.5 Å². The van der Waals surface area contributed by atoms with Crippen LogP contribution in [-0.4, -0.2) is 76.7 Å². The molecule has 1 aliphatic heterocycles. The van der Waals surface area contributed by atoms with Crippen LogP contribution in [0.2, 0.25) is 0 Å². The number of nitrogens with one attached hydrogen (secondary N) is 3. The number of anilines is 1. The lowest BCUT2D eigenvalue weighted by molar-refractivity contribution is -0.129. The quantitative estimate of drug-likeness (QED) is 0.265. The number of urea groups is 1. The number of amides is 5. The zero-order chi connectivity index (χ0) is 29.4. The van der Waals surface area contributed by atoms with Crippen molar-refractivity contribution in [2.24, 2.45) is 5.73 Å². The molecule has 3 atom stereocenters. The Morgan fingerprint density at radius 2 is 1.93 bits per heavy atom. The number of benzene rings is 2. The molecule has 4 rings (SSSR count). The average Bonchev–Trinajstić information content (AvgIpc) is 3.40. The van der Waals surface area contributed by atoms with E-state index in [1.807, 2.05) is 24.5 Å². The SMILES string of the molecule is COc1ccc(CC(NC(=O)C2CC(NC(=O)Nc3cccc(SC)c3)CN2C(=O)c2cnccn2)C(N)=O)cc1. The number of carbonyl (C=O) groups excluding carboxylic acids is 4. The van der Waals surface area contributed by atoms with Gasteiger partial charge in [0.2, 0.25) is 11.8 Å². The van der Waals surface area contributed by atoms with E-state index in [0.29, 0.717) is 11.4 Å². The summed E-state index contributed by atoms with van der Waals surface area (Å²) in [5, 5.41) is 8.32. The molecule has 1 saturated heterocycles. The molecule has 13 heteroatoms. The molecule has 3 unspecified atom stereocenters. The smallest absolute Gasteiger partial charge is 0.319 e. The molecule has 0 aliphatic carbocycles. The number of methoxy groups -OCH3 is 1. The summed E-state index contributed by atoms with van der Waals surface area (Å²) in [6, 6.07) is 11.3. The first-order chi connectivity index (χ1) is 19.8. The highest BCUT2D eigenvalue weighted by Gasteiger charge is 2.41. The van der Waals surface area contributed by atoms with Crippen LogP contribution in [0.4, 0.5) is 10.5 Å². The Balaban J connectivity index is 1.48. The van der Waals surface area contributed by atoms with Crippen molar-refractivity contribution in [3.8, 4) is 5.75 Å². The minimum Gasteiger partial charge on any atom is -0.497 e. The topological polar surface area (TPSA) is 169 Å². The molecule has 1 aliphatic rings. The number of rotatable bonds is 10. The van der Waals surface area contributed by atoms with Crippen LogP contribution in [0.5, 0.6) is 5.75 Å². The highest BCUT2D eigenvalue weighted by atomic mass is 32.2. The Hall–Kier alpha value is -4.65. The average molecular weight is 578 g/mol. The summed E-state index contributed by atoms with van der Waals surface area (Å²) >= 11 is 1.55. The number of carbonyl (C=O) groups is 4. The molecule has 214 valence electrons. The summed E-state index contributed by atoms with van der Waals surface area (Å²) < 4.78 is 5.16. The van der Waals surface area contributed by atoms with E-state index in [4.69, 9.17) is 10.5 Å². The predicted octanol–water partition coefficient (Wildman–Crippen LogP) is 1.82. The molecule has 41 heavy (non-hydrogen) atoms. The zero-order valence-electron chi connectivity index (χ0n) is 22.6. The molecule has 0 bridgehead atoms. The maximum Gasteiger partial charge on any atom is 0.319 e. The fraction of sp³-hybridized carbons (Fsp3) is 0.286. The van der Waals surface area contributed by atoms with Crippen LogP contribution < -0.4 is 26.4 Å². The summed E-state index contributed by atoms with van der Waals surface area (Å²) in [7, 11) is 1.55. The van der Waals surface area contributed by atoms with Crippen LogP contribution in [0.25, 0.3) is 0 Å². The fourth-order valence-electron chi connectivity index (χ4n) is 4.51. The van der Waals surface area contributed by atoms with Crippen LogP contribution in [0.1, 0.15) is 22.5 Å². The number of hydrogen-bond donors (Lipinski definition) is 4. The second kappa shape index (κ2) is 13.6. The summed E-state index contributed by atoms with van der Waals surface area (Å²) in [6.45, 7) is 0.0471. The van der Waals surface area contributed by atoms with Gasteiger partial charge in [-0.05, 0) is 48.6 Å². The zero-order valence-corrected chi connectivity index (χ0v) is 23.4. The number of hydrogen-bond acceptors (Lipinski definition) is 8. The van der Waals surface area contributed by atoms with E-state index in [2.05, 4.69) is 25.9 Å². The first-order valence-corrected chi connectivity index (χ1v) is 14.0. The third-order valence-corrected chi connectivity index (χ3v) is 7.29. The molecule has 3 aromatic rings. The van der Waals surface area contributed by atoms with Gasteiger partial charge in [-0.15, -0.1) is 11.8 Å². The van der Waals surface area contributed by atoms with Gasteiger partial charge in [-0.2, -0.15) is 0 Å². The van der Waals surface area contributed by atoms with Crippen molar-refractivity contribution in [3.05, 3.63) is 78.4 Å². The van der Waals surface area contributed by atoms with Gasteiger partial charge < -0.3 is 31.3 Å². The highest BCUT2D eigenvalue weighted by Crippen LogP contribution is 2.22. The van der Waals surface area contributed by atoms with Crippen LogP contribution >= 0.6 is 11.8 Å². The molecular formula is C28H31N7O5S. The molecule has 1 aromatic heterocycles. The molecule has 2 heterocycles. The van der Waals surface area contributed by atoms with E-state index in [9.17, 15) is 19.2 Å². The summed E-state index contributed by atoms with van der Waals surface area (Å²) in [5.74, 6) is -1.17. The number of thioether (sulfide) groups is 1. The van der Waals surface area contributed by atoms with Crippen molar-refractivity contribution < 1.29 is 23.9 Å². The molecule has 5 amide bonds. The highest BCUT2D eigenvalue weighted by molar-refractivity contribution is 7.98. The van der Waals surface area contributed by atoms with Crippen molar-refractivity contribution in [2.75, 3.05) is 25.2 Å². The number of primary amides is 1. The van der Waals surface area contributed by atoms with Gasteiger partial charge in [0.05, 0.1) is 19.3 Å². The van der Waals surface area contributed by atoms with Crippen LogP contribution in [0.15, 0.2) is 72.0 Å². The number of aromatic nitrogens is 2. The van der Waals surface area contributed by atoms with Crippen molar-refractivity contribution in [1.29, 1.82) is 0 Å². The van der Waals surface area contributed by atoms with E-state index < -0.39 is 41.9 Å². The second-order valence-corrected chi connectivity index (χ2v) is 10.2. The maximum atomic E-state index is 13.5. The minimum absolute atomic E-state index is 0.0471. The van der Waals surface area contributed by atoms with Gasteiger partial charge in [0.25, 0.3) is 5.91 Å². The Morgan fingerprint density at radius 3 is 2.59 bits per heavy atom. The van der Waals surface area contributed by atoms with Crippen molar-refractivity contribution >= 4 is 41.2 Å². The molecule has 0 saturated carbocycles. The molecule has 5 N–H and O–H groups in total. The van der Waals surface area contributed by atoms with Crippen LogP contribution in [0.3, 0.4) is 0 Å². The lowest BCUT2D eigenvalue weighted by Gasteiger charge is -2.25. The summed E-state index contributed by atoms with van der Waals surface area (Å²) in [6.07, 6.45) is 6.31. The lowest BCUT2D eigenvalue weighted by Crippen LogP contribution is -2.53. The Bertz CT molecular complexity index is 1390. The molecule has 1 fully saturated rings. The van der Waals surface area contributed by atoms with Crippen molar-refractivity contribution in [1.82, 2.24) is 25.5 Å². The molecular weight excluding hydrogens is 546 g/mol. The number of nitrogens with two attached hydrogens (primary N) is 1. The molecule has 0 radical (unpaired) electrons. The fourth-order valence-corrected chi connectivity index (χ4v) is 4.97. The monoisotopic (exact) mass is 577 g/mol. The molecule has 12 nitrogen and oxygen atoms in total. The summed E-state index contributed by atoms with van der Waals surface area (Å²) in [5.41, 5.74) is 7.03. The molecule has 2 aromatic carbocycles. The minimum atomic E-state index is -1.02. The second-order valence-electron chi connectivity index (χ2n) is 9.34. The third kappa shape index (κ3) is 7.72. The summed E-state index contributed by atoms with van der Waals surface area (Å²) in [4.78, 5) is 62.2. The Morgan fingerprint density at radius 1 is 1.15 bits per heavy atom. The van der Waals surface area contributed by atoms with E-state index in [-0.39, 0.29) is 25.1 Å². The first kappa shape index (κ1) is 29.3. The predicted molar refractivity (Wildman–Crippen MR) is 153 cm³/mol. The third-order valence-electron chi connectivity index (χ3n) is 6.57. The lowest BCUT2D eigenvalue weighted by atomic mass is 10.0. The Kier molecular flexibility index (Phi) is 9.74. The van der Waals surface area contributed by atoms with E-state index >= 15 is 0 Å². The van der Waals surface area contributed by atoms with Gasteiger partial charge in [-0.25, -0.2) is 9.78 Å². The van der Waals surface area contributed by atoms with Gasteiger partial charge >= 0.3 is 6.03 Å². The van der Waals surface area contributed by atoms with Crippen LogP contribution in [0, 0.1) is 0 Å². The standard InChI is InChI=1S/C28H31N7O5S/c1-40-20-8-6-17(7-9-20)12-22(25(29)36)34-26(37)24-14-19(16-35(24)27(38)23-15-30-10-11-31-23)33-28(39)32-18-4-3-5-21(13-18)41-2/h3-11,13,15,19,22,24H,12,14,16H2,1-2H3,(H2,29,36)(H,34,37)(H2,32,33,39). The van der Waals surface area contributed by atoms with Gasteiger partial charge in [-0.3, -0.25) is 19.4 Å². The number of likely N-dealkylation sites (tertiary alicyclic amines) is 1. The number of nitrogens with zero attached hydrogens (tertiary/aromatic N) is 3. The number of ether oxygens (including phenoxy) is 1. The normalized spacial score (nSPS) is 16.9. The Labute approximate surface area is 241 Å². The largest absolute Gasteiger partial charge is 0.497 e. The maximum absolute atomic E-state index is 13.5. The first-order valence-electron chi connectivity index (χ1n) is 12.8. The van der Waals surface area contributed by atoms with E-state index in [1.165, 1.54) is 23.5 Å². The van der Waals surface area contributed by atoms with Crippen molar-refractivity contribution in [2.45, 2.75) is 35.9 Å². The molecule has 0 spiro atoms.